The summed E-state index contributed by atoms with van der Waals surface area (Å²) in [6.07, 6.45) is 6.10. The lowest BCUT2D eigenvalue weighted by molar-refractivity contribution is -0.0864. The van der Waals surface area contributed by atoms with E-state index in [4.69, 9.17) is 4.74 Å². The molecule has 1 fully saturated rings. The van der Waals surface area contributed by atoms with Crippen molar-refractivity contribution in [2.45, 2.75) is 44.3 Å². The molecule has 1 saturated carbocycles. The summed E-state index contributed by atoms with van der Waals surface area (Å²) in [5, 5.41) is 0. The van der Waals surface area contributed by atoms with E-state index in [1.165, 1.54) is 30.4 Å². The Hall–Kier alpha value is -1.60. The van der Waals surface area contributed by atoms with Crippen LogP contribution in [0.4, 0.5) is 0 Å². The Morgan fingerprint density at radius 2 is 1.60 bits per heavy atom. The highest BCUT2D eigenvalue weighted by Crippen LogP contribution is 2.41. The van der Waals surface area contributed by atoms with Gasteiger partial charge in [0.05, 0.1) is 12.2 Å². The maximum absolute atomic E-state index is 6.43. The lowest BCUT2D eigenvalue weighted by Crippen LogP contribution is -2.32. The zero-order valence-electron chi connectivity index (χ0n) is 11.8. The Morgan fingerprint density at radius 3 is 2.30 bits per heavy atom. The van der Waals surface area contributed by atoms with Gasteiger partial charge in [-0.2, -0.15) is 0 Å². The molecule has 0 unspecified atom stereocenters. The van der Waals surface area contributed by atoms with Crippen molar-refractivity contribution in [1.29, 1.82) is 0 Å². The fourth-order valence-corrected chi connectivity index (χ4v) is 3.13. The Bertz CT molecular complexity index is 512. The summed E-state index contributed by atoms with van der Waals surface area (Å²) in [6.45, 7) is 0.694. The van der Waals surface area contributed by atoms with E-state index in [-0.39, 0.29) is 5.60 Å². The van der Waals surface area contributed by atoms with E-state index >= 15 is 0 Å². The number of hydrogen-bond donors (Lipinski definition) is 0. The number of rotatable bonds is 4. The standard InChI is InChI=1S/C19H21O/c1-4-10-17(11-5-1)16-20-19(14-8-3-9-15-19)18-12-6-2-7-13-18/h1,4-7,10-13H,3,8-9,14-16H2. The van der Waals surface area contributed by atoms with Crippen LogP contribution >= 0.6 is 0 Å². The van der Waals surface area contributed by atoms with Gasteiger partial charge in [0.15, 0.2) is 0 Å². The van der Waals surface area contributed by atoms with Gasteiger partial charge in [-0.1, -0.05) is 73.9 Å². The Morgan fingerprint density at radius 1 is 0.900 bits per heavy atom. The largest absolute Gasteiger partial charge is 0.366 e. The molecule has 2 aromatic rings. The summed E-state index contributed by atoms with van der Waals surface area (Å²) in [7, 11) is 0. The molecule has 1 heteroatoms. The van der Waals surface area contributed by atoms with Crippen molar-refractivity contribution < 1.29 is 4.74 Å². The van der Waals surface area contributed by atoms with Gasteiger partial charge >= 0.3 is 0 Å². The molecule has 0 amide bonds. The van der Waals surface area contributed by atoms with E-state index in [1.54, 1.807) is 0 Å². The molecule has 0 spiro atoms. The van der Waals surface area contributed by atoms with Gasteiger partial charge in [0.2, 0.25) is 0 Å². The molecule has 0 bridgehead atoms. The second-order valence-electron chi connectivity index (χ2n) is 5.62. The van der Waals surface area contributed by atoms with Crippen LogP contribution in [0.25, 0.3) is 0 Å². The maximum Gasteiger partial charge on any atom is 0.0935 e. The van der Waals surface area contributed by atoms with E-state index in [1.807, 2.05) is 18.2 Å². The average Bonchev–Trinajstić information content (AvgIpc) is 2.56. The molecule has 1 aliphatic rings. The SMILES string of the molecule is [c]1ccc(C2(OCc3ccccc3)CCCCC2)cc1. The second kappa shape index (κ2) is 6.23. The first-order valence-corrected chi connectivity index (χ1v) is 7.54. The van der Waals surface area contributed by atoms with Crippen LogP contribution < -0.4 is 0 Å². The highest BCUT2D eigenvalue weighted by Gasteiger charge is 2.34. The molecule has 0 N–H and O–H groups in total. The summed E-state index contributed by atoms with van der Waals surface area (Å²) in [5.41, 5.74) is 2.47. The van der Waals surface area contributed by atoms with Crippen molar-refractivity contribution >= 4 is 0 Å². The Kier molecular flexibility index (Phi) is 4.17. The minimum Gasteiger partial charge on any atom is -0.366 e. The molecular weight excluding hydrogens is 244 g/mol. The molecule has 1 nitrogen and oxygen atoms in total. The van der Waals surface area contributed by atoms with Crippen LogP contribution in [0.5, 0.6) is 0 Å². The van der Waals surface area contributed by atoms with E-state index in [2.05, 4.69) is 42.5 Å². The first kappa shape index (κ1) is 13.4. The molecule has 0 atom stereocenters. The Labute approximate surface area is 121 Å². The minimum atomic E-state index is -0.0941. The van der Waals surface area contributed by atoms with Crippen molar-refractivity contribution in [2.24, 2.45) is 0 Å². The van der Waals surface area contributed by atoms with Gasteiger partial charge in [-0.15, -0.1) is 0 Å². The van der Waals surface area contributed by atoms with Crippen LogP contribution in [0.15, 0.2) is 54.6 Å². The van der Waals surface area contributed by atoms with E-state index in [0.717, 1.165) is 12.8 Å². The van der Waals surface area contributed by atoms with Crippen LogP contribution in [0.1, 0.15) is 43.2 Å². The normalized spacial score (nSPS) is 17.8. The highest BCUT2D eigenvalue weighted by molar-refractivity contribution is 5.23. The van der Waals surface area contributed by atoms with Gasteiger partial charge in [0.25, 0.3) is 0 Å². The van der Waals surface area contributed by atoms with Crippen molar-refractivity contribution in [1.82, 2.24) is 0 Å². The smallest absolute Gasteiger partial charge is 0.0935 e. The fourth-order valence-electron chi connectivity index (χ4n) is 3.13. The van der Waals surface area contributed by atoms with Gasteiger partial charge in [-0.05, 0) is 30.0 Å². The lowest BCUT2D eigenvalue weighted by Gasteiger charge is -2.38. The van der Waals surface area contributed by atoms with Gasteiger partial charge in [-0.25, -0.2) is 0 Å². The number of ether oxygens (including phenoxy) is 1. The van der Waals surface area contributed by atoms with Crippen LogP contribution in [0.2, 0.25) is 0 Å². The maximum atomic E-state index is 6.43. The number of benzene rings is 2. The zero-order valence-corrected chi connectivity index (χ0v) is 11.8. The van der Waals surface area contributed by atoms with E-state index in [0.29, 0.717) is 6.61 Å². The first-order chi connectivity index (χ1) is 9.89. The molecule has 103 valence electrons. The minimum absolute atomic E-state index is 0.0941. The third kappa shape index (κ3) is 2.94. The van der Waals surface area contributed by atoms with Crippen molar-refractivity contribution in [3.05, 3.63) is 71.8 Å². The van der Waals surface area contributed by atoms with Crippen LogP contribution in [0, 0.1) is 6.07 Å². The fraction of sp³-hybridized carbons (Fsp3) is 0.368. The third-order valence-electron chi connectivity index (χ3n) is 4.26. The van der Waals surface area contributed by atoms with Crippen molar-refractivity contribution in [3.63, 3.8) is 0 Å². The second-order valence-corrected chi connectivity index (χ2v) is 5.62. The molecule has 3 rings (SSSR count). The number of hydrogen-bond acceptors (Lipinski definition) is 1. The topological polar surface area (TPSA) is 9.23 Å². The zero-order chi connectivity index (χ0) is 13.7. The summed E-state index contributed by atoms with van der Waals surface area (Å²) in [5.74, 6) is 0. The first-order valence-electron chi connectivity index (χ1n) is 7.54. The predicted molar refractivity (Wildman–Crippen MR) is 81.3 cm³/mol. The monoisotopic (exact) mass is 265 g/mol. The molecule has 0 saturated heterocycles. The molecule has 1 radical (unpaired) electrons. The van der Waals surface area contributed by atoms with Gasteiger partial charge in [-0.3, -0.25) is 0 Å². The van der Waals surface area contributed by atoms with Crippen LogP contribution in [-0.2, 0) is 16.9 Å². The van der Waals surface area contributed by atoms with E-state index < -0.39 is 0 Å². The highest BCUT2D eigenvalue weighted by atomic mass is 16.5. The van der Waals surface area contributed by atoms with Crippen LogP contribution in [-0.4, -0.2) is 0 Å². The molecule has 0 aromatic heterocycles. The molecule has 0 aliphatic heterocycles. The molecular formula is C19H21O. The third-order valence-corrected chi connectivity index (χ3v) is 4.26. The quantitative estimate of drug-likeness (QED) is 0.767. The van der Waals surface area contributed by atoms with Crippen molar-refractivity contribution in [2.75, 3.05) is 0 Å². The molecule has 20 heavy (non-hydrogen) atoms. The molecule has 2 aromatic carbocycles. The summed E-state index contributed by atoms with van der Waals surface area (Å²) < 4.78 is 6.43. The van der Waals surface area contributed by atoms with E-state index in [9.17, 15) is 0 Å². The predicted octanol–water partition coefficient (Wildman–Crippen LogP) is 4.86. The van der Waals surface area contributed by atoms with Gasteiger partial charge < -0.3 is 4.74 Å². The van der Waals surface area contributed by atoms with Gasteiger partial charge in [0, 0.05) is 0 Å². The average molecular weight is 265 g/mol. The lowest BCUT2D eigenvalue weighted by atomic mass is 9.79. The summed E-state index contributed by atoms with van der Waals surface area (Å²) >= 11 is 0. The molecule has 0 heterocycles. The Balaban J connectivity index is 1.80. The van der Waals surface area contributed by atoms with Crippen molar-refractivity contribution in [3.8, 4) is 0 Å². The molecule has 1 aliphatic carbocycles. The van der Waals surface area contributed by atoms with Crippen LogP contribution in [0.3, 0.4) is 0 Å². The van der Waals surface area contributed by atoms with Gasteiger partial charge in [0.1, 0.15) is 0 Å². The summed E-state index contributed by atoms with van der Waals surface area (Å²) in [6, 6.07) is 21.9. The summed E-state index contributed by atoms with van der Waals surface area (Å²) in [4.78, 5) is 0.